The predicted octanol–water partition coefficient (Wildman–Crippen LogP) is 7.64. The summed E-state index contributed by atoms with van der Waals surface area (Å²) in [6.45, 7) is 1.70. The lowest BCUT2D eigenvalue weighted by Gasteiger charge is -2.35. The Morgan fingerprint density at radius 1 is 0.911 bits per heavy atom. The number of alkyl halides is 3. The summed E-state index contributed by atoms with van der Waals surface area (Å²) in [5.74, 6) is 1.46. The molecule has 3 aromatic carbocycles. The van der Waals surface area contributed by atoms with Gasteiger partial charge in [-0.1, -0.05) is 41.9 Å². The molecule has 3 heterocycles. The third-order valence-electron chi connectivity index (χ3n) is 7.55. The summed E-state index contributed by atoms with van der Waals surface area (Å²) in [4.78, 5) is 21.1. The van der Waals surface area contributed by atoms with E-state index >= 15 is 0 Å². The Morgan fingerprint density at radius 2 is 1.69 bits per heavy atom. The van der Waals surface area contributed by atoms with Crippen LogP contribution in [0.1, 0.15) is 5.56 Å². The van der Waals surface area contributed by atoms with Crippen LogP contribution in [0.5, 0.6) is 5.75 Å². The van der Waals surface area contributed by atoms with E-state index in [-0.39, 0.29) is 5.69 Å². The van der Waals surface area contributed by atoms with Crippen LogP contribution >= 0.6 is 11.6 Å². The lowest BCUT2D eigenvalue weighted by molar-refractivity contribution is -0.137. The van der Waals surface area contributed by atoms with Gasteiger partial charge < -0.3 is 19.9 Å². The zero-order valence-corrected chi connectivity index (χ0v) is 24.9. The number of carbonyl (C=O) groups is 1. The van der Waals surface area contributed by atoms with Gasteiger partial charge in [0.2, 0.25) is 0 Å². The molecule has 1 aliphatic rings. The SMILES string of the molecule is COc1cccc(-c2nn(-c3ccccc3)cc2-c2ccnc(N3CCN(C(=O)Nc4ccc(Cl)c(C(F)(F)F)c4)CC3)c2)c1. The molecule has 1 saturated heterocycles. The summed E-state index contributed by atoms with van der Waals surface area (Å²) in [7, 11) is 1.63. The molecule has 0 aliphatic carbocycles. The first kappa shape index (κ1) is 30.0. The predicted molar refractivity (Wildman–Crippen MR) is 168 cm³/mol. The number of amides is 2. The van der Waals surface area contributed by atoms with Crippen molar-refractivity contribution >= 4 is 29.1 Å². The van der Waals surface area contributed by atoms with E-state index in [1.165, 1.54) is 6.07 Å². The molecule has 0 unspecified atom stereocenters. The Bertz CT molecular complexity index is 1820. The zero-order chi connectivity index (χ0) is 31.6. The summed E-state index contributed by atoms with van der Waals surface area (Å²) in [5, 5.41) is 7.07. The van der Waals surface area contributed by atoms with Crippen LogP contribution in [0, 0.1) is 0 Å². The number of nitrogens with one attached hydrogen (secondary N) is 1. The van der Waals surface area contributed by atoms with E-state index in [1.54, 1.807) is 18.2 Å². The molecule has 230 valence electrons. The molecule has 6 rings (SSSR count). The van der Waals surface area contributed by atoms with E-state index < -0.39 is 22.8 Å². The van der Waals surface area contributed by atoms with E-state index in [0.717, 1.165) is 51.8 Å². The van der Waals surface area contributed by atoms with Crippen molar-refractivity contribution in [1.82, 2.24) is 19.7 Å². The van der Waals surface area contributed by atoms with Crippen LogP contribution in [0.15, 0.2) is 97.3 Å². The smallest absolute Gasteiger partial charge is 0.417 e. The second-order valence-electron chi connectivity index (χ2n) is 10.4. The van der Waals surface area contributed by atoms with Gasteiger partial charge in [-0.3, -0.25) is 0 Å². The quantitative estimate of drug-likeness (QED) is 0.208. The van der Waals surface area contributed by atoms with Crippen LogP contribution in [0.4, 0.5) is 29.5 Å². The topological polar surface area (TPSA) is 75.5 Å². The van der Waals surface area contributed by atoms with Crippen molar-refractivity contribution in [3.63, 3.8) is 0 Å². The van der Waals surface area contributed by atoms with Gasteiger partial charge in [-0.25, -0.2) is 14.5 Å². The molecule has 2 aromatic heterocycles. The molecule has 1 N–H and O–H groups in total. The number of methoxy groups -OCH3 is 1. The number of nitrogens with zero attached hydrogens (tertiary/aromatic N) is 5. The summed E-state index contributed by atoms with van der Waals surface area (Å²) in [5.41, 5.74) is 3.47. The fourth-order valence-corrected chi connectivity index (χ4v) is 5.43. The summed E-state index contributed by atoms with van der Waals surface area (Å²) >= 11 is 5.71. The minimum atomic E-state index is -4.63. The number of ether oxygens (including phenoxy) is 1. The number of hydrogen-bond acceptors (Lipinski definition) is 5. The molecule has 0 spiro atoms. The van der Waals surface area contributed by atoms with Crippen LogP contribution in [-0.4, -0.2) is 59.0 Å². The largest absolute Gasteiger partial charge is 0.497 e. The van der Waals surface area contributed by atoms with Gasteiger partial charge in [0.1, 0.15) is 17.3 Å². The van der Waals surface area contributed by atoms with Crippen molar-refractivity contribution in [1.29, 1.82) is 0 Å². The number of benzene rings is 3. The fourth-order valence-electron chi connectivity index (χ4n) is 5.20. The maximum absolute atomic E-state index is 13.3. The molecular formula is C33H28ClF3N6O2. The van der Waals surface area contributed by atoms with E-state index in [0.29, 0.717) is 26.2 Å². The highest BCUT2D eigenvalue weighted by molar-refractivity contribution is 6.31. The number of halogens is 4. The molecule has 0 saturated carbocycles. The Labute approximate surface area is 262 Å². The normalized spacial score (nSPS) is 13.5. The number of rotatable bonds is 6. The highest BCUT2D eigenvalue weighted by Crippen LogP contribution is 2.37. The number of urea groups is 1. The highest BCUT2D eigenvalue weighted by atomic mass is 35.5. The lowest BCUT2D eigenvalue weighted by atomic mass is 10.0. The third kappa shape index (κ3) is 6.58. The highest BCUT2D eigenvalue weighted by Gasteiger charge is 2.33. The number of anilines is 2. The first-order valence-corrected chi connectivity index (χ1v) is 14.5. The Balaban J connectivity index is 1.21. The van der Waals surface area contributed by atoms with E-state index in [1.807, 2.05) is 77.6 Å². The third-order valence-corrected chi connectivity index (χ3v) is 7.88. The van der Waals surface area contributed by atoms with Gasteiger partial charge >= 0.3 is 12.2 Å². The van der Waals surface area contributed by atoms with Gasteiger partial charge in [-0.05, 0) is 60.2 Å². The van der Waals surface area contributed by atoms with Crippen LogP contribution in [0.25, 0.3) is 28.1 Å². The molecule has 1 aliphatic heterocycles. The average Bonchev–Trinajstić information content (AvgIpc) is 3.52. The molecule has 5 aromatic rings. The second-order valence-corrected chi connectivity index (χ2v) is 10.8. The lowest BCUT2D eigenvalue weighted by Crippen LogP contribution is -2.50. The molecule has 45 heavy (non-hydrogen) atoms. The minimum Gasteiger partial charge on any atom is -0.497 e. The van der Waals surface area contributed by atoms with Crippen LogP contribution < -0.4 is 15.0 Å². The van der Waals surface area contributed by atoms with Gasteiger partial charge in [0.25, 0.3) is 0 Å². The zero-order valence-electron chi connectivity index (χ0n) is 24.1. The van der Waals surface area contributed by atoms with Crippen molar-refractivity contribution in [2.45, 2.75) is 6.18 Å². The fraction of sp³-hybridized carbons (Fsp3) is 0.182. The van der Waals surface area contributed by atoms with Crippen molar-refractivity contribution in [3.8, 4) is 33.8 Å². The van der Waals surface area contributed by atoms with Gasteiger partial charge in [-0.15, -0.1) is 0 Å². The van der Waals surface area contributed by atoms with Crippen molar-refractivity contribution in [2.75, 3.05) is 43.5 Å². The summed E-state index contributed by atoms with van der Waals surface area (Å²) in [6.07, 6.45) is -0.885. The Hall–Kier alpha value is -5.03. The number of pyridine rings is 1. The first-order valence-electron chi connectivity index (χ1n) is 14.1. The Kier molecular flexibility index (Phi) is 8.36. The standard InChI is InChI=1S/C33H28ClF3N6O2/c1-45-26-9-5-6-23(18-26)31-27(21-43(40-31)25-7-3-2-4-8-25)22-12-13-38-30(19-22)41-14-16-42(17-15-41)32(44)39-24-10-11-29(34)28(20-24)33(35,36)37/h2-13,18-21H,14-17H2,1H3,(H,39,44). The molecule has 1 fully saturated rings. The molecule has 0 bridgehead atoms. The van der Waals surface area contributed by atoms with E-state index in [9.17, 15) is 18.0 Å². The van der Waals surface area contributed by atoms with Gasteiger partial charge in [0, 0.05) is 55.4 Å². The number of hydrogen-bond donors (Lipinski definition) is 1. The van der Waals surface area contributed by atoms with Crippen LogP contribution in [0.2, 0.25) is 5.02 Å². The number of carbonyl (C=O) groups excluding carboxylic acids is 1. The molecule has 8 nitrogen and oxygen atoms in total. The number of para-hydroxylation sites is 1. The minimum absolute atomic E-state index is 0.0245. The van der Waals surface area contributed by atoms with Crippen molar-refractivity contribution in [2.24, 2.45) is 0 Å². The van der Waals surface area contributed by atoms with E-state index in [2.05, 4.69) is 15.2 Å². The van der Waals surface area contributed by atoms with Gasteiger partial charge in [0.15, 0.2) is 0 Å². The molecule has 12 heteroatoms. The maximum Gasteiger partial charge on any atom is 0.417 e. The molecular weight excluding hydrogens is 605 g/mol. The van der Waals surface area contributed by atoms with Crippen molar-refractivity contribution < 1.29 is 22.7 Å². The summed E-state index contributed by atoms with van der Waals surface area (Å²) < 4.78 is 47.1. The Morgan fingerprint density at radius 3 is 2.42 bits per heavy atom. The molecule has 2 amide bonds. The van der Waals surface area contributed by atoms with Gasteiger partial charge in [-0.2, -0.15) is 18.3 Å². The average molecular weight is 633 g/mol. The van der Waals surface area contributed by atoms with Gasteiger partial charge in [0.05, 0.1) is 23.4 Å². The first-order chi connectivity index (χ1) is 21.7. The second kappa shape index (κ2) is 12.5. The van der Waals surface area contributed by atoms with E-state index in [4.69, 9.17) is 21.4 Å². The molecule has 0 radical (unpaired) electrons. The van der Waals surface area contributed by atoms with Crippen LogP contribution in [-0.2, 0) is 6.18 Å². The molecule has 0 atom stereocenters. The maximum atomic E-state index is 13.3. The monoisotopic (exact) mass is 632 g/mol. The summed E-state index contributed by atoms with van der Waals surface area (Å²) in [6, 6.07) is 24.4. The number of piperazine rings is 1. The van der Waals surface area contributed by atoms with Crippen molar-refractivity contribution in [3.05, 3.63) is 108 Å². The number of aromatic nitrogens is 3. The van der Waals surface area contributed by atoms with Crippen LogP contribution in [0.3, 0.4) is 0 Å².